The maximum Gasteiger partial charge on any atom is 0.341 e. The van der Waals surface area contributed by atoms with Crippen LogP contribution >= 0.6 is 11.6 Å². The predicted molar refractivity (Wildman–Crippen MR) is 54.6 cm³/mol. The number of ether oxygens (including phenoxy) is 1. The van der Waals surface area contributed by atoms with Crippen molar-refractivity contribution in [3.63, 3.8) is 0 Å². The summed E-state index contributed by atoms with van der Waals surface area (Å²) in [6.07, 6.45) is 1.41. The molecule has 0 aliphatic rings. The first kappa shape index (κ1) is 11.5. The highest BCUT2D eigenvalue weighted by atomic mass is 35.5. The monoisotopic (exact) mass is 225 g/mol. The number of aromatic nitrogens is 1. The van der Waals surface area contributed by atoms with Crippen LogP contribution in [0.5, 0.6) is 0 Å². The molecule has 0 aliphatic heterocycles. The Kier molecular flexibility index (Phi) is 4.10. The van der Waals surface area contributed by atoms with E-state index in [0.29, 0.717) is 5.56 Å². The van der Waals surface area contributed by atoms with Gasteiger partial charge in [0.05, 0.1) is 12.7 Å². The van der Waals surface area contributed by atoms with Crippen molar-refractivity contribution in [2.45, 2.75) is 0 Å². The van der Waals surface area contributed by atoms with Crippen molar-refractivity contribution in [2.75, 3.05) is 13.7 Å². The Bertz CT molecular complexity index is 434. The second kappa shape index (κ2) is 5.35. The zero-order valence-electron chi connectivity index (χ0n) is 7.95. The van der Waals surface area contributed by atoms with Crippen molar-refractivity contribution in [3.8, 4) is 11.8 Å². The summed E-state index contributed by atoms with van der Waals surface area (Å²) in [6.45, 7) is -0.254. The molecule has 0 atom stereocenters. The zero-order chi connectivity index (χ0) is 11.3. The molecule has 15 heavy (non-hydrogen) atoms. The molecule has 0 aromatic carbocycles. The molecule has 78 valence electrons. The maximum atomic E-state index is 11.2. The first-order chi connectivity index (χ1) is 7.19. The molecule has 0 spiro atoms. The van der Waals surface area contributed by atoms with Crippen LogP contribution in [0.3, 0.4) is 0 Å². The summed E-state index contributed by atoms with van der Waals surface area (Å²) in [5.41, 5.74) is 0.651. The number of hydrogen-bond acceptors (Lipinski definition) is 4. The van der Waals surface area contributed by atoms with Crippen molar-refractivity contribution < 1.29 is 14.6 Å². The first-order valence-corrected chi connectivity index (χ1v) is 4.40. The van der Waals surface area contributed by atoms with Gasteiger partial charge in [-0.2, -0.15) is 0 Å². The Hall–Kier alpha value is -1.57. The van der Waals surface area contributed by atoms with Gasteiger partial charge in [0.25, 0.3) is 0 Å². The molecular weight excluding hydrogens is 218 g/mol. The van der Waals surface area contributed by atoms with E-state index in [-0.39, 0.29) is 17.3 Å². The normalized spacial score (nSPS) is 9.00. The lowest BCUT2D eigenvalue weighted by atomic mass is 10.2. The topological polar surface area (TPSA) is 59.4 Å². The fourth-order valence-electron chi connectivity index (χ4n) is 0.911. The first-order valence-electron chi connectivity index (χ1n) is 4.02. The molecule has 1 aromatic rings. The van der Waals surface area contributed by atoms with Crippen molar-refractivity contribution in [1.29, 1.82) is 0 Å². The molecule has 0 aliphatic carbocycles. The lowest BCUT2D eigenvalue weighted by Crippen LogP contribution is -2.03. The van der Waals surface area contributed by atoms with E-state index in [4.69, 9.17) is 16.7 Å². The number of rotatable bonds is 1. The number of hydrogen-bond donors (Lipinski definition) is 1. The van der Waals surface area contributed by atoms with Crippen LogP contribution in [0.1, 0.15) is 15.9 Å². The second-order valence-electron chi connectivity index (χ2n) is 2.51. The van der Waals surface area contributed by atoms with Crippen LogP contribution in [0, 0.1) is 11.8 Å². The van der Waals surface area contributed by atoms with Crippen molar-refractivity contribution >= 4 is 17.6 Å². The molecule has 1 aromatic heterocycles. The summed E-state index contributed by atoms with van der Waals surface area (Å²) in [7, 11) is 1.25. The number of methoxy groups -OCH3 is 1. The van der Waals surface area contributed by atoms with Crippen LogP contribution in [0.25, 0.3) is 0 Å². The van der Waals surface area contributed by atoms with Crippen molar-refractivity contribution in [2.24, 2.45) is 0 Å². The van der Waals surface area contributed by atoms with Crippen LogP contribution < -0.4 is 0 Å². The zero-order valence-corrected chi connectivity index (χ0v) is 8.71. The minimum absolute atomic E-state index is 0.0661. The van der Waals surface area contributed by atoms with E-state index >= 15 is 0 Å². The van der Waals surface area contributed by atoms with Crippen LogP contribution in [0.15, 0.2) is 12.3 Å². The van der Waals surface area contributed by atoms with E-state index < -0.39 is 5.97 Å². The van der Waals surface area contributed by atoms with Crippen LogP contribution in [-0.4, -0.2) is 29.8 Å². The highest BCUT2D eigenvalue weighted by Crippen LogP contribution is 2.14. The third kappa shape index (κ3) is 2.94. The van der Waals surface area contributed by atoms with E-state index in [0.717, 1.165) is 0 Å². The number of aliphatic hydroxyl groups excluding tert-OH is 1. The van der Waals surface area contributed by atoms with Gasteiger partial charge >= 0.3 is 5.97 Å². The van der Waals surface area contributed by atoms with E-state index in [2.05, 4.69) is 21.6 Å². The minimum atomic E-state index is -0.569. The average Bonchev–Trinajstić information content (AvgIpc) is 2.27. The van der Waals surface area contributed by atoms with E-state index in [1.54, 1.807) is 0 Å². The van der Waals surface area contributed by atoms with Gasteiger partial charge in [0.1, 0.15) is 11.8 Å². The molecule has 0 saturated carbocycles. The van der Waals surface area contributed by atoms with Gasteiger partial charge in [0, 0.05) is 11.8 Å². The van der Waals surface area contributed by atoms with Crippen LogP contribution in [0.2, 0.25) is 5.15 Å². The molecule has 0 unspecified atom stereocenters. The molecule has 0 saturated heterocycles. The second-order valence-corrected chi connectivity index (χ2v) is 2.87. The summed E-state index contributed by atoms with van der Waals surface area (Å²) in [4.78, 5) is 15.0. The fourth-order valence-corrected chi connectivity index (χ4v) is 1.09. The Morgan fingerprint density at radius 2 is 2.47 bits per heavy atom. The molecule has 1 N–H and O–H groups in total. The minimum Gasteiger partial charge on any atom is -0.465 e. The van der Waals surface area contributed by atoms with Gasteiger partial charge in [-0.25, -0.2) is 9.78 Å². The summed E-state index contributed by atoms with van der Waals surface area (Å²) in [6, 6.07) is 1.46. The van der Waals surface area contributed by atoms with Crippen molar-refractivity contribution in [1.82, 2.24) is 4.98 Å². The Labute approximate surface area is 91.8 Å². The number of carbonyl (C=O) groups is 1. The molecule has 1 heterocycles. The Morgan fingerprint density at radius 1 is 1.73 bits per heavy atom. The number of halogens is 1. The molecule has 0 bridgehead atoms. The summed E-state index contributed by atoms with van der Waals surface area (Å²) >= 11 is 5.69. The molecule has 1 rings (SSSR count). The molecule has 0 amide bonds. The fraction of sp³-hybridized carbons (Fsp3) is 0.200. The third-order valence-electron chi connectivity index (χ3n) is 1.56. The van der Waals surface area contributed by atoms with Crippen LogP contribution in [0.4, 0.5) is 0 Å². The number of carbonyl (C=O) groups excluding carboxylic acids is 1. The molecule has 5 heteroatoms. The molecule has 4 nitrogen and oxygen atoms in total. The molecule has 0 radical (unpaired) electrons. The van der Waals surface area contributed by atoms with Gasteiger partial charge in [-0.3, -0.25) is 0 Å². The van der Waals surface area contributed by atoms with Crippen molar-refractivity contribution in [3.05, 3.63) is 28.5 Å². The standard InChI is InChI=1S/C10H8ClNO3/c1-15-10(14)8-5-7(3-2-4-13)6-12-9(8)11/h5-6,13H,4H2,1H3. The van der Waals surface area contributed by atoms with E-state index in [1.807, 2.05) is 0 Å². The third-order valence-corrected chi connectivity index (χ3v) is 1.86. The smallest absolute Gasteiger partial charge is 0.341 e. The quantitative estimate of drug-likeness (QED) is 0.438. The number of esters is 1. The molecule has 0 fully saturated rings. The van der Waals surface area contributed by atoms with Gasteiger partial charge < -0.3 is 9.84 Å². The van der Waals surface area contributed by atoms with Crippen LogP contribution in [-0.2, 0) is 4.74 Å². The summed E-state index contributed by atoms with van der Waals surface area (Å²) in [5, 5.41) is 8.56. The highest BCUT2D eigenvalue weighted by molar-refractivity contribution is 6.32. The van der Waals surface area contributed by atoms with Gasteiger partial charge in [0.2, 0.25) is 0 Å². The lowest BCUT2D eigenvalue weighted by molar-refractivity contribution is 0.0600. The predicted octanol–water partition coefficient (Wildman–Crippen LogP) is 0.865. The maximum absolute atomic E-state index is 11.2. The molecular formula is C10H8ClNO3. The van der Waals surface area contributed by atoms with Gasteiger partial charge in [-0.15, -0.1) is 0 Å². The van der Waals surface area contributed by atoms with Gasteiger partial charge in [-0.1, -0.05) is 23.4 Å². The highest BCUT2D eigenvalue weighted by Gasteiger charge is 2.11. The van der Waals surface area contributed by atoms with Gasteiger partial charge in [-0.05, 0) is 6.07 Å². The summed E-state index contributed by atoms with van der Waals surface area (Å²) < 4.78 is 4.52. The van der Waals surface area contributed by atoms with E-state index in [1.165, 1.54) is 19.4 Å². The largest absolute Gasteiger partial charge is 0.465 e. The Balaban J connectivity index is 3.10. The SMILES string of the molecule is COC(=O)c1cc(C#CCO)cnc1Cl. The summed E-state index contributed by atoms with van der Waals surface area (Å²) in [5.74, 6) is 4.48. The lowest BCUT2D eigenvalue weighted by Gasteiger charge is -2.01. The average molecular weight is 226 g/mol. The number of nitrogens with zero attached hydrogens (tertiary/aromatic N) is 1. The van der Waals surface area contributed by atoms with E-state index in [9.17, 15) is 4.79 Å². The number of aliphatic hydroxyl groups is 1. The number of pyridine rings is 1. The van der Waals surface area contributed by atoms with Gasteiger partial charge in [0.15, 0.2) is 0 Å². The Morgan fingerprint density at radius 3 is 3.07 bits per heavy atom.